The van der Waals surface area contributed by atoms with Gasteiger partial charge in [-0.3, -0.25) is 0 Å². The van der Waals surface area contributed by atoms with Crippen LogP contribution in [0, 0.1) is 6.92 Å². The Labute approximate surface area is 118 Å². The normalized spacial score (nSPS) is 9.75. The fraction of sp³-hybridized carbons (Fsp3) is 0.188. The standard InChI is InChI=1S/C16H17O4/c1-10(2)15(17)19-9-13-7-6-12(5)8-14(13)20-16(18)11(3)4/h6-8H,1,3,5,9H2,2,4H3. The van der Waals surface area contributed by atoms with Gasteiger partial charge in [-0.15, -0.1) is 0 Å². The second-order valence-electron chi connectivity index (χ2n) is 4.47. The van der Waals surface area contributed by atoms with Gasteiger partial charge in [0.25, 0.3) is 0 Å². The van der Waals surface area contributed by atoms with Crippen molar-refractivity contribution in [1.29, 1.82) is 0 Å². The Morgan fingerprint density at radius 3 is 2.25 bits per heavy atom. The number of rotatable bonds is 5. The quantitative estimate of drug-likeness (QED) is 0.470. The van der Waals surface area contributed by atoms with Crippen LogP contribution in [-0.2, 0) is 20.9 Å². The van der Waals surface area contributed by atoms with Crippen molar-refractivity contribution in [3.63, 3.8) is 0 Å². The number of ether oxygens (including phenoxy) is 2. The van der Waals surface area contributed by atoms with Crippen molar-refractivity contribution in [2.45, 2.75) is 20.5 Å². The first kappa shape index (κ1) is 15.7. The molecule has 0 amide bonds. The van der Waals surface area contributed by atoms with Crippen LogP contribution in [0.15, 0.2) is 42.5 Å². The summed E-state index contributed by atoms with van der Waals surface area (Å²) < 4.78 is 10.2. The molecule has 0 spiro atoms. The average molecular weight is 273 g/mol. The van der Waals surface area contributed by atoms with E-state index in [0.717, 1.165) is 0 Å². The Morgan fingerprint density at radius 2 is 1.70 bits per heavy atom. The molecule has 105 valence electrons. The molecule has 0 aliphatic carbocycles. The molecule has 0 bridgehead atoms. The van der Waals surface area contributed by atoms with Crippen molar-refractivity contribution < 1.29 is 19.1 Å². The predicted molar refractivity (Wildman–Crippen MR) is 76.0 cm³/mol. The second-order valence-corrected chi connectivity index (χ2v) is 4.47. The van der Waals surface area contributed by atoms with Crippen LogP contribution in [0.2, 0.25) is 0 Å². The van der Waals surface area contributed by atoms with E-state index in [1.54, 1.807) is 32.0 Å². The fourth-order valence-corrected chi connectivity index (χ4v) is 1.27. The van der Waals surface area contributed by atoms with E-state index in [-0.39, 0.29) is 12.2 Å². The largest absolute Gasteiger partial charge is 0.457 e. The lowest BCUT2D eigenvalue weighted by Gasteiger charge is -2.11. The molecule has 0 atom stereocenters. The van der Waals surface area contributed by atoms with Crippen LogP contribution in [-0.4, -0.2) is 11.9 Å². The lowest BCUT2D eigenvalue weighted by Crippen LogP contribution is -2.11. The van der Waals surface area contributed by atoms with Crippen LogP contribution in [0.5, 0.6) is 5.75 Å². The molecule has 0 unspecified atom stereocenters. The molecule has 1 aromatic rings. The molecule has 0 aromatic heterocycles. The lowest BCUT2D eigenvalue weighted by atomic mass is 10.1. The Kier molecular flexibility index (Phi) is 5.26. The molecule has 4 heteroatoms. The van der Waals surface area contributed by atoms with E-state index in [4.69, 9.17) is 9.47 Å². The number of esters is 2. The Hall–Kier alpha value is -2.36. The zero-order valence-electron chi connectivity index (χ0n) is 11.7. The van der Waals surface area contributed by atoms with E-state index < -0.39 is 11.9 Å². The smallest absolute Gasteiger partial charge is 0.338 e. The first-order chi connectivity index (χ1) is 9.31. The Balaban J connectivity index is 2.90. The van der Waals surface area contributed by atoms with Gasteiger partial charge in [0.05, 0.1) is 0 Å². The van der Waals surface area contributed by atoms with Crippen molar-refractivity contribution in [2.24, 2.45) is 0 Å². The van der Waals surface area contributed by atoms with Crippen LogP contribution < -0.4 is 4.74 Å². The van der Waals surface area contributed by atoms with Crippen molar-refractivity contribution >= 4 is 11.9 Å². The van der Waals surface area contributed by atoms with Crippen molar-refractivity contribution in [3.8, 4) is 5.75 Å². The van der Waals surface area contributed by atoms with Gasteiger partial charge in [-0.05, 0) is 32.4 Å². The molecule has 0 fully saturated rings. The third kappa shape index (κ3) is 4.39. The van der Waals surface area contributed by atoms with Gasteiger partial charge in [0.2, 0.25) is 0 Å². The minimum Gasteiger partial charge on any atom is -0.457 e. The van der Waals surface area contributed by atoms with Crippen LogP contribution >= 0.6 is 0 Å². The first-order valence-corrected chi connectivity index (χ1v) is 5.96. The summed E-state index contributed by atoms with van der Waals surface area (Å²) in [7, 11) is 0. The summed E-state index contributed by atoms with van der Waals surface area (Å²) in [6.07, 6.45) is 0. The molecule has 1 rings (SSSR count). The zero-order valence-corrected chi connectivity index (χ0v) is 11.7. The van der Waals surface area contributed by atoms with Crippen LogP contribution in [0.25, 0.3) is 0 Å². The maximum atomic E-state index is 11.6. The maximum Gasteiger partial charge on any atom is 0.338 e. The van der Waals surface area contributed by atoms with E-state index in [1.807, 2.05) is 0 Å². The van der Waals surface area contributed by atoms with Gasteiger partial charge in [0.15, 0.2) is 0 Å². The highest BCUT2D eigenvalue weighted by Gasteiger charge is 2.12. The first-order valence-electron chi connectivity index (χ1n) is 5.96. The average Bonchev–Trinajstić information content (AvgIpc) is 2.37. The van der Waals surface area contributed by atoms with E-state index >= 15 is 0 Å². The SMILES string of the molecule is [CH2]c1ccc(COC(=O)C(=C)C)c(OC(=O)C(=C)C)c1. The highest BCUT2D eigenvalue weighted by molar-refractivity contribution is 5.89. The number of benzene rings is 1. The summed E-state index contributed by atoms with van der Waals surface area (Å²) in [4.78, 5) is 22.9. The van der Waals surface area contributed by atoms with E-state index in [9.17, 15) is 9.59 Å². The molecule has 1 aromatic carbocycles. The molecule has 1 radical (unpaired) electrons. The van der Waals surface area contributed by atoms with Crippen molar-refractivity contribution in [3.05, 3.63) is 60.6 Å². The molecule has 0 saturated heterocycles. The van der Waals surface area contributed by atoms with Gasteiger partial charge < -0.3 is 9.47 Å². The van der Waals surface area contributed by atoms with E-state index in [1.165, 1.54) is 0 Å². The summed E-state index contributed by atoms with van der Waals surface area (Å²) in [6.45, 7) is 13.9. The molecular weight excluding hydrogens is 256 g/mol. The van der Waals surface area contributed by atoms with Crippen molar-refractivity contribution in [2.75, 3.05) is 0 Å². The third-order valence-electron chi connectivity index (χ3n) is 2.39. The second kappa shape index (κ2) is 6.70. The predicted octanol–water partition coefficient (Wildman–Crippen LogP) is 2.97. The molecular formula is C16H17O4. The summed E-state index contributed by atoms with van der Waals surface area (Å²) in [5.41, 5.74) is 1.84. The minimum absolute atomic E-state index is 0.00915. The van der Waals surface area contributed by atoms with Gasteiger partial charge >= 0.3 is 11.9 Å². The molecule has 20 heavy (non-hydrogen) atoms. The highest BCUT2D eigenvalue weighted by atomic mass is 16.5. The van der Waals surface area contributed by atoms with Gasteiger partial charge in [0, 0.05) is 16.7 Å². The van der Waals surface area contributed by atoms with E-state index in [2.05, 4.69) is 20.1 Å². The Morgan fingerprint density at radius 1 is 1.10 bits per heavy atom. The van der Waals surface area contributed by atoms with Crippen molar-refractivity contribution in [1.82, 2.24) is 0 Å². The highest BCUT2D eigenvalue weighted by Crippen LogP contribution is 2.22. The summed E-state index contributed by atoms with van der Waals surface area (Å²) >= 11 is 0. The molecule has 0 aliphatic rings. The van der Waals surface area contributed by atoms with Gasteiger partial charge in [0.1, 0.15) is 12.4 Å². The molecule has 0 heterocycles. The fourth-order valence-electron chi connectivity index (χ4n) is 1.27. The number of carbonyl (C=O) groups is 2. The van der Waals surface area contributed by atoms with Crippen LogP contribution in [0.1, 0.15) is 25.0 Å². The Bertz CT molecular complexity index is 570. The minimum atomic E-state index is -0.539. The van der Waals surface area contributed by atoms with Crippen LogP contribution in [0.3, 0.4) is 0 Å². The van der Waals surface area contributed by atoms with Gasteiger partial charge in [-0.1, -0.05) is 25.3 Å². The molecule has 4 nitrogen and oxygen atoms in total. The van der Waals surface area contributed by atoms with Gasteiger partial charge in [-0.2, -0.15) is 0 Å². The summed E-state index contributed by atoms with van der Waals surface area (Å²) in [6, 6.07) is 5.03. The third-order valence-corrected chi connectivity index (χ3v) is 2.39. The topological polar surface area (TPSA) is 52.6 Å². The summed E-state index contributed by atoms with van der Waals surface area (Å²) in [5.74, 6) is -0.732. The number of carbonyl (C=O) groups excluding carboxylic acids is 2. The van der Waals surface area contributed by atoms with E-state index in [0.29, 0.717) is 22.4 Å². The molecule has 0 N–H and O–H groups in total. The number of hydrogen-bond acceptors (Lipinski definition) is 4. The maximum absolute atomic E-state index is 11.6. The lowest BCUT2D eigenvalue weighted by molar-refractivity contribution is -0.140. The molecule has 0 aliphatic heterocycles. The van der Waals surface area contributed by atoms with Crippen LogP contribution in [0.4, 0.5) is 0 Å². The molecule has 0 saturated carbocycles. The summed E-state index contributed by atoms with van der Waals surface area (Å²) in [5, 5.41) is 0. The monoisotopic (exact) mass is 273 g/mol. The zero-order chi connectivity index (χ0) is 15.3. The number of hydrogen-bond donors (Lipinski definition) is 0. The van der Waals surface area contributed by atoms with Gasteiger partial charge in [-0.25, -0.2) is 9.59 Å².